The molecule has 0 radical (unpaired) electrons. The van der Waals surface area contributed by atoms with Gasteiger partial charge in [-0.15, -0.1) is 0 Å². The molecule has 4 nitrogen and oxygen atoms in total. The summed E-state index contributed by atoms with van der Waals surface area (Å²) >= 11 is 0. The molecular weight excluding hydrogens is 403 g/mol. The van der Waals surface area contributed by atoms with Crippen LogP contribution < -0.4 is 5.73 Å². The van der Waals surface area contributed by atoms with E-state index in [0.717, 1.165) is 16.7 Å². The van der Waals surface area contributed by atoms with Crippen LogP contribution in [0.25, 0.3) is 11.1 Å². The summed E-state index contributed by atoms with van der Waals surface area (Å²) in [6.45, 7) is 0.792. The zero-order valence-corrected chi connectivity index (χ0v) is 18.0. The molecule has 0 aromatic heterocycles. The van der Waals surface area contributed by atoms with E-state index in [1.165, 1.54) is 6.07 Å². The maximum Gasteiger partial charge on any atom is 0.225 e. The summed E-state index contributed by atoms with van der Waals surface area (Å²) in [5.74, 6) is -0.698. The lowest BCUT2D eigenvalue weighted by atomic mass is 9.78. The standard InChI is InChI=1S/C27H27FN2O2/c28-24-13-7-6-12-23(24)22-11-5-4-10-21(22)18-27(26(29)32)16-17-30(19-27)25(31)15-14-20-8-2-1-3-9-20/h1-13H,14-19H2,(H2,29,32)/t27-/m0/s1. The van der Waals surface area contributed by atoms with Gasteiger partial charge in [-0.2, -0.15) is 0 Å². The smallest absolute Gasteiger partial charge is 0.225 e. The number of carbonyl (C=O) groups is 2. The van der Waals surface area contributed by atoms with Gasteiger partial charge in [0.2, 0.25) is 11.8 Å². The molecule has 0 saturated carbocycles. The molecule has 0 bridgehead atoms. The van der Waals surface area contributed by atoms with Gasteiger partial charge in [-0.1, -0.05) is 72.8 Å². The monoisotopic (exact) mass is 430 g/mol. The van der Waals surface area contributed by atoms with Crippen molar-refractivity contribution in [1.82, 2.24) is 4.90 Å². The van der Waals surface area contributed by atoms with E-state index in [1.54, 1.807) is 23.1 Å². The molecule has 0 spiro atoms. The number of hydrogen-bond donors (Lipinski definition) is 1. The first kappa shape index (κ1) is 21.8. The molecule has 2 amide bonds. The van der Waals surface area contributed by atoms with E-state index in [2.05, 4.69) is 0 Å². The SMILES string of the molecule is NC(=O)[C@]1(Cc2ccccc2-c2ccccc2F)CCN(C(=O)CCc2ccccc2)C1. The van der Waals surface area contributed by atoms with Crippen molar-refractivity contribution >= 4 is 11.8 Å². The van der Waals surface area contributed by atoms with Gasteiger partial charge in [-0.25, -0.2) is 4.39 Å². The van der Waals surface area contributed by atoms with Crippen LogP contribution in [-0.4, -0.2) is 29.8 Å². The van der Waals surface area contributed by atoms with Gasteiger partial charge in [0.15, 0.2) is 0 Å². The van der Waals surface area contributed by atoms with E-state index in [-0.39, 0.29) is 11.7 Å². The van der Waals surface area contributed by atoms with Crippen molar-refractivity contribution in [2.24, 2.45) is 11.1 Å². The minimum Gasteiger partial charge on any atom is -0.369 e. The van der Waals surface area contributed by atoms with E-state index in [1.807, 2.05) is 54.6 Å². The van der Waals surface area contributed by atoms with Gasteiger partial charge in [-0.3, -0.25) is 9.59 Å². The molecule has 1 atom stereocenters. The van der Waals surface area contributed by atoms with Crippen molar-refractivity contribution in [3.63, 3.8) is 0 Å². The molecule has 2 N–H and O–H groups in total. The second-order valence-electron chi connectivity index (χ2n) is 8.51. The van der Waals surface area contributed by atoms with Gasteiger partial charge in [0.25, 0.3) is 0 Å². The molecule has 3 aromatic carbocycles. The number of benzene rings is 3. The number of halogens is 1. The molecule has 1 fully saturated rings. The topological polar surface area (TPSA) is 63.4 Å². The number of rotatable bonds is 7. The van der Waals surface area contributed by atoms with Crippen molar-refractivity contribution in [3.05, 3.63) is 95.8 Å². The summed E-state index contributed by atoms with van der Waals surface area (Å²) in [6, 6.07) is 24.0. The Kier molecular flexibility index (Phi) is 6.35. The fraction of sp³-hybridized carbons (Fsp3) is 0.259. The molecule has 0 unspecified atom stereocenters. The van der Waals surface area contributed by atoms with Crippen LogP contribution in [0.4, 0.5) is 4.39 Å². The first-order valence-corrected chi connectivity index (χ1v) is 10.9. The maximum atomic E-state index is 14.5. The van der Waals surface area contributed by atoms with Crippen molar-refractivity contribution in [3.8, 4) is 11.1 Å². The number of aryl methyl sites for hydroxylation is 1. The summed E-state index contributed by atoms with van der Waals surface area (Å²) in [5, 5.41) is 0. The van der Waals surface area contributed by atoms with Crippen molar-refractivity contribution in [2.75, 3.05) is 13.1 Å². The highest BCUT2D eigenvalue weighted by Gasteiger charge is 2.45. The molecule has 164 valence electrons. The Hall–Kier alpha value is -3.47. The van der Waals surface area contributed by atoms with E-state index < -0.39 is 11.3 Å². The first-order chi connectivity index (χ1) is 15.5. The van der Waals surface area contributed by atoms with Crippen LogP contribution in [0, 0.1) is 11.2 Å². The van der Waals surface area contributed by atoms with Gasteiger partial charge < -0.3 is 10.6 Å². The Balaban J connectivity index is 1.52. The van der Waals surface area contributed by atoms with E-state index in [9.17, 15) is 14.0 Å². The molecular formula is C27H27FN2O2. The third-order valence-electron chi connectivity index (χ3n) is 6.41. The Morgan fingerprint density at radius 3 is 2.28 bits per heavy atom. The van der Waals surface area contributed by atoms with E-state index >= 15 is 0 Å². The average molecular weight is 431 g/mol. The number of likely N-dealkylation sites (tertiary alicyclic amines) is 1. The lowest BCUT2D eigenvalue weighted by Crippen LogP contribution is -2.42. The zero-order chi connectivity index (χ0) is 22.6. The quantitative estimate of drug-likeness (QED) is 0.605. The van der Waals surface area contributed by atoms with Crippen molar-refractivity contribution < 1.29 is 14.0 Å². The first-order valence-electron chi connectivity index (χ1n) is 10.9. The molecule has 1 aliphatic rings. The lowest BCUT2D eigenvalue weighted by Gasteiger charge is -2.27. The fourth-order valence-electron chi connectivity index (χ4n) is 4.55. The number of primary amides is 1. The van der Waals surface area contributed by atoms with Crippen LogP contribution in [0.3, 0.4) is 0 Å². The second-order valence-corrected chi connectivity index (χ2v) is 8.51. The third kappa shape index (κ3) is 4.57. The minimum atomic E-state index is -0.857. The van der Waals surface area contributed by atoms with Gasteiger partial charge in [0, 0.05) is 25.1 Å². The van der Waals surface area contributed by atoms with Crippen LogP contribution in [0.5, 0.6) is 0 Å². The Morgan fingerprint density at radius 2 is 1.56 bits per heavy atom. The molecule has 3 aromatic rings. The van der Waals surface area contributed by atoms with Crippen LogP contribution in [0.15, 0.2) is 78.9 Å². The highest BCUT2D eigenvalue weighted by Crippen LogP contribution is 2.37. The molecule has 1 saturated heterocycles. The molecule has 1 heterocycles. The minimum absolute atomic E-state index is 0.0272. The summed E-state index contributed by atoms with van der Waals surface area (Å²) < 4.78 is 14.5. The number of amides is 2. The average Bonchev–Trinajstić information content (AvgIpc) is 3.25. The molecule has 32 heavy (non-hydrogen) atoms. The van der Waals surface area contributed by atoms with Crippen LogP contribution in [-0.2, 0) is 22.4 Å². The van der Waals surface area contributed by atoms with Crippen molar-refractivity contribution in [1.29, 1.82) is 0 Å². The zero-order valence-electron chi connectivity index (χ0n) is 18.0. The van der Waals surface area contributed by atoms with Crippen molar-refractivity contribution in [2.45, 2.75) is 25.7 Å². The number of hydrogen-bond acceptors (Lipinski definition) is 2. The van der Waals surface area contributed by atoms with Crippen LogP contribution in [0.1, 0.15) is 24.0 Å². The largest absolute Gasteiger partial charge is 0.369 e. The molecule has 5 heteroatoms. The summed E-state index contributed by atoms with van der Waals surface area (Å²) in [4.78, 5) is 27.2. The highest BCUT2D eigenvalue weighted by atomic mass is 19.1. The highest BCUT2D eigenvalue weighted by molar-refractivity contribution is 5.85. The van der Waals surface area contributed by atoms with Crippen LogP contribution in [0.2, 0.25) is 0 Å². The van der Waals surface area contributed by atoms with Gasteiger partial charge in [-0.05, 0) is 42.0 Å². The van der Waals surface area contributed by atoms with Gasteiger partial charge in [0.05, 0.1) is 5.41 Å². The molecule has 4 rings (SSSR count). The summed E-state index contributed by atoms with van der Waals surface area (Å²) in [5.41, 5.74) is 8.23. The second kappa shape index (κ2) is 9.35. The Morgan fingerprint density at radius 1 is 0.906 bits per heavy atom. The molecule has 1 aliphatic heterocycles. The maximum absolute atomic E-state index is 14.5. The predicted molar refractivity (Wildman–Crippen MR) is 123 cm³/mol. The summed E-state index contributed by atoms with van der Waals surface area (Å²) in [7, 11) is 0. The Labute approximate surface area is 187 Å². The fourth-order valence-corrected chi connectivity index (χ4v) is 4.55. The third-order valence-corrected chi connectivity index (χ3v) is 6.41. The van der Waals surface area contributed by atoms with Gasteiger partial charge in [0.1, 0.15) is 5.82 Å². The van der Waals surface area contributed by atoms with E-state index in [4.69, 9.17) is 5.73 Å². The number of nitrogens with zero attached hydrogens (tertiary/aromatic N) is 1. The lowest BCUT2D eigenvalue weighted by molar-refractivity contribution is -0.132. The normalized spacial score (nSPS) is 18.0. The number of carbonyl (C=O) groups excluding carboxylic acids is 2. The Bertz CT molecular complexity index is 1120. The van der Waals surface area contributed by atoms with Crippen LogP contribution >= 0.6 is 0 Å². The molecule has 0 aliphatic carbocycles. The number of nitrogens with two attached hydrogens (primary N) is 1. The van der Waals surface area contributed by atoms with E-state index in [0.29, 0.717) is 44.3 Å². The summed E-state index contributed by atoms with van der Waals surface area (Å²) in [6.07, 6.45) is 1.93. The van der Waals surface area contributed by atoms with Gasteiger partial charge >= 0.3 is 0 Å². The predicted octanol–water partition coefficient (Wildman–Crippen LogP) is 4.37.